The average Bonchev–Trinajstić information content (AvgIpc) is 3.27. The average molecular weight is 420 g/mol. The minimum atomic E-state index is 0.186. The lowest BCUT2D eigenvalue weighted by molar-refractivity contribution is -0.122. The third-order valence-electron chi connectivity index (χ3n) is 5.90. The summed E-state index contributed by atoms with van der Waals surface area (Å²) in [7, 11) is 0. The fraction of sp³-hybridized carbons (Fsp3) is 0.727. The molecule has 2 heterocycles. The van der Waals surface area contributed by atoms with Gasteiger partial charge in [-0.1, -0.05) is 19.3 Å². The Bertz CT molecular complexity index is 619. The van der Waals surface area contributed by atoms with Crippen molar-refractivity contribution in [3.8, 4) is 0 Å². The number of hydrogen-bond donors (Lipinski definition) is 3. The first kappa shape index (κ1) is 21.9. The molecule has 7 heteroatoms. The first-order valence-corrected chi connectivity index (χ1v) is 12.2. The van der Waals surface area contributed by atoms with Crippen molar-refractivity contribution in [2.75, 3.05) is 37.6 Å². The molecule has 0 unspecified atom stereocenters. The molecule has 0 atom stereocenters. The van der Waals surface area contributed by atoms with Crippen LogP contribution in [0.15, 0.2) is 22.5 Å². The van der Waals surface area contributed by atoms with Crippen LogP contribution in [0.3, 0.4) is 0 Å². The monoisotopic (exact) mass is 419 g/mol. The van der Waals surface area contributed by atoms with Crippen molar-refractivity contribution < 1.29 is 4.79 Å². The Hall–Kier alpha value is -1.76. The van der Waals surface area contributed by atoms with Crippen LogP contribution in [0.5, 0.6) is 0 Å². The van der Waals surface area contributed by atoms with Crippen LogP contribution in [0.2, 0.25) is 0 Å². The van der Waals surface area contributed by atoms with E-state index in [4.69, 9.17) is 0 Å². The smallest absolute Gasteiger partial charge is 0.220 e. The van der Waals surface area contributed by atoms with Crippen LogP contribution in [0.4, 0.5) is 5.00 Å². The number of carbonyl (C=O) groups is 1. The Morgan fingerprint density at radius 3 is 2.66 bits per heavy atom. The number of anilines is 1. The summed E-state index contributed by atoms with van der Waals surface area (Å²) in [6.07, 6.45) is 9.24. The van der Waals surface area contributed by atoms with E-state index in [1.165, 1.54) is 37.1 Å². The van der Waals surface area contributed by atoms with Crippen molar-refractivity contribution in [2.45, 2.75) is 64.3 Å². The minimum absolute atomic E-state index is 0.186. The quantitative estimate of drug-likeness (QED) is 0.343. The Balaban J connectivity index is 1.35. The van der Waals surface area contributed by atoms with Crippen molar-refractivity contribution >= 4 is 28.2 Å². The van der Waals surface area contributed by atoms with E-state index in [0.29, 0.717) is 31.5 Å². The van der Waals surface area contributed by atoms with E-state index < -0.39 is 0 Å². The third-order valence-corrected chi connectivity index (χ3v) is 6.83. The third kappa shape index (κ3) is 7.53. The zero-order valence-corrected chi connectivity index (χ0v) is 18.6. The van der Waals surface area contributed by atoms with Gasteiger partial charge in [-0.3, -0.25) is 9.79 Å². The number of nitrogens with zero attached hydrogens (tertiary/aromatic N) is 2. The van der Waals surface area contributed by atoms with E-state index in [0.717, 1.165) is 38.4 Å². The molecule has 1 aromatic heterocycles. The summed E-state index contributed by atoms with van der Waals surface area (Å²) >= 11 is 1.81. The molecular formula is C22H37N5OS. The lowest BCUT2D eigenvalue weighted by atomic mass is 9.87. The summed E-state index contributed by atoms with van der Waals surface area (Å²) in [6, 6.07) is 4.77. The zero-order valence-electron chi connectivity index (χ0n) is 17.8. The first-order valence-electron chi connectivity index (χ1n) is 11.3. The van der Waals surface area contributed by atoms with Gasteiger partial charge >= 0.3 is 0 Å². The number of nitrogens with one attached hydrogen (secondary N) is 3. The Morgan fingerprint density at radius 1 is 1.17 bits per heavy atom. The summed E-state index contributed by atoms with van der Waals surface area (Å²) < 4.78 is 0. The van der Waals surface area contributed by atoms with Crippen LogP contribution >= 0.6 is 11.3 Å². The van der Waals surface area contributed by atoms with Gasteiger partial charge in [-0.25, -0.2) is 0 Å². The van der Waals surface area contributed by atoms with Gasteiger partial charge < -0.3 is 20.9 Å². The summed E-state index contributed by atoms with van der Waals surface area (Å²) in [5.74, 6) is 1.64. The van der Waals surface area contributed by atoms with Crippen molar-refractivity contribution in [3.63, 3.8) is 0 Å². The fourth-order valence-electron chi connectivity index (χ4n) is 4.30. The van der Waals surface area contributed by atoms with Crippen LogP contribution in [0.25, 0.3) is 0 Å². The molecule has 3 N–H and O–H groups in total. The van der Waals surface area contributed by atoms with Crippen molar-refractivity contribution in [3.05, 3.63) is 17.5 Å². The Kier molecular flexibility index (Phi) is 9.12. The van der Waals surface area contributed by atoms with Gasteiger partial charge in [0.25, 0.3) is 0 Å². The maximum atomic E-state index is 12.1. The molecular weight excluding hydrogens is 382 g/mol. The highest BCUT2D eigenvalue weighted by molar-refractivity contribution is 7.14. The molecule has 0 spiro atoms. The second-order valence-electron chi connectivity index (χ2n) is 8.18. The van der Waals surface area contributed by atoms with Crippen LogP contribution in [-0.2, 0) is 4.79 Å². The lowest BCUT2D eigenvalue weighted by Crippen LogP contribution is -2.48. The predicted molar refractivity (Wildman–Crippen MR) is 123 cm³/mol. The molecule has 0 aromatic carbocycles. The van der Waals surface area contributed by atoms with Crippen molar-refractivity contribution in [1.29, 1.82) is 0 Å². The number of amides is 1. The molecule has 1 amide bonds. The summed E-state index contributed by atoms with van der Waals surface area (Å²) in [5.41, 5.74) is 0. The zero-order chi connectivity index (χ0) is 20.3. The number of thiophene rings is 1. The minimum Gasteiger partial charge on any atom is -0.363 e. The molecule has 2 aliphatic rings. The fourth-order valence-corrected chi connectivity index (χ4v) is 5.08. The maximum Gasteiger partial charge on any atom is 0.220 e. The molecule has 1 saturated heterocycles. The normalized spacial score (nSPS) is 19.2. The van der Waals surface area contributed by atoms with E-state index in [-0.39, 0.29) is 5.91 Å². The topological polar surface area (TPSA) is 68.8 Å². The van der Waals surface area contributed by atoms with Crippen LogP contribution < -0.4 is 20.9 Å². The molecule has 1 saturated carbocycles. The largest absolute Gasteiger partial charge is 0.363 e. The maximum absolute atomic E-state index is 12.1. The lowest BCUT2D eigenvalue weighted by Gasteiger charge is -2.33. The van der Waals surface area contributed by atoms with Gasteiger partial charge in [-0.15, -0.1) is 11.3 Å². The van der Waals surface area contributed by atoms with Crippen LogP contribution in [0.1, 0.15) is 58.3 Å². The van der Waals surface area contributed by atoms with Gasteiger partial charge in [-0.05, 0) is 56.0 Å². The molecule has 1 aliphatic heterocycles. The van der Waals surface area contributed by atoms with Crippen LogP contribution in [0, 0.1) is 5.92 Å². The number of piperidine rings is 1. The molecule has 0 bridgehead atoms. The first-order chi connectivity index (χ1) is 14.2. The molecule has 1 aliphatic carbocycles. The molecule has 162 valence electrons. The molecule has 6 nitrogen and oxygen atoms in total. The van der Waals surface area contributed by atoms with Gasteiger partial charge in [0.15, 0.2) is 5.96 Å². The summed E-state index contributed by atoms with van der Waals surface area (Å²) in [5, 5.41) is 13.5. The highest BCUT2D eigenvalue weighted by Gasteiger charge is 2.21. The van der Waals surface area contributed by atoms with Gasteiger partial charge in [0.1, 0.15) is 0 Å². The highest BCUT2D eigenvalue weighted by atomic mass is 32.1. The Labute approximate surface area is 179 Å². The van der Waals surface area contributed by atoms with E-state index in [1.54, 1.807) is 0 Å². The molecule has 3 rings (SSSR count). The molecule has 1 aromatic rings. The van der Waals surface area contributed by atoms with Crippen LogP contribution in [-0.4, -0.2) is 50.6 Å². The summed E-state index contributed by atoms with van der Waals surface area (Å²) in [6.45, 7) is 6.30. The van der Waals surface area contributed by atoms with E-state index in [2.05, 4.69) is 50.3 Å². The molecule has 0 radical (unpaired) electrons. The van der Waals surface area contributed by atoms with Gasteiger partial charge in [0.05, 0.1) is 11.5 Å². The number of carbonyl (C=O) groups excluding carboxylic acids is 1. The second-order valence-corrected chi connectivity index (χ2v) is 9.10. The Morgan fingerprint density at radius 2 is 1.97 bits per heavy atom. The van der Waals surface area contributed by atoms with Gasteiger partial charge in [-0.2, -0.15) is 0 Å². The highest BCUT2D eigenvalue weighted by Crippen LogP contribution is 2.26. The number of rotatable bonds is 8. The van der Waals surface area contributed by atoms with Gasteiger partial charge in [0, 0.05) is 38.6 Å². The number of guanidine groups is 1. The van der Waals surface area contributed by atoms with Crippen molar-refractivity contribution in [2.24, 2.45) is 10.9 Å². The summed E-state index contributed by atoms with van der Waals surface area (Å²) in [4.78, 5) is 19.3. The molecule has 29 heavy (non-hydrogen) atoms. The standard InChI is InChI=1S/C22H37N5OS/c1-2-23-22(25-13-12-24-20(28)17-18-7-4-3-5-8-18)26-19-10-14-27(15-11-19)21-9-6-16-29-21/h6,9,16,18-19H,2-5,7-8,10-15,17H2,1H3,(H,24,28)(H2,23,25,26). The molecule has 2 fully saturated rings. The number of hydrogen-bond acceptors (Lipinski definition) is 4. The SMILES string of the molecule is CCNC(=NCCNC(=O)CC1CCCCC1)NC1CCN(c2cccs2)CC1. The predicted octanol–water partition coefficient (Wildman–Crippen LogP) is 3.36. The second kappa shape index (κ2) is 12.1. The van der Waals surface area contributed by atoms with E-state index in [9.17, 15) is 4.79 Å². The number of aliphatic imine (C=N–C) groups is 1. The van der Waals surface area contributed by atoms with E-state index >= 15 is 0 Å². The van der Waals surface area contributed by atoms with E-state index in [1.807, 2.05) is 11.3 Å². The van der Waals surface area contributed by atoms with Crippen molar-refractivity contribution in [1.82, 2.24) is 16.0 Å². The van der Waals surface area contributed by atoms with Gasteiger partial charge in [0.2, 0.25) is 5.91 Å².